The smallest absolute Gasteiger partial charge is 0.306 e. The standard InChI is InChI=1S/C9H13F4N3S/c1-8(2,3)14-4-5-15-16-7(17-5)9(12,13)6(10)11/h6,14H,4H2,1-3H3. The first kappa shape index (κ1) is 14.3. The lowest BCUT2D eigenvalue weighted by atomic mass is 10.1. The Bertz CT molecular complexity index is 373. The van der Waals surface area contributed by atoms with Crippen LogP contribution in [0.3, 0.4) is 0 Å². The summed E-state index contributed by atoms with van der Waals surface area (Å²) in [4.78, 5) is 0. The molecule has 0 aliphatic carbocycles. The maximum absolute atomic E-state index is 12.9. The number of rotatable bonds is 4. The third-order valence-corrected chi connectivity index (χ3v) is 2.80. The molecule has 0 saturated heterocycles. The topological polar surface area (TPSA) is 37.8 Å². The fourth-order valence-corrected chi connectivity index (χ4v) is 1.65. The zero-order valence-corrected chi connectivity index (χ0v) is 10.4. The molecule has 3 nitrogen and oxygen atoms in total. The van der Waals surface area contributed by atoms with E-state index in [0.717, 1.165) is 0 Å². The number of hydrogen-bond acceptors (Lipinski definition) is 4. The molecule has 1 rings (SSSR count). The van der Waals surface area contributed by atoms with Gasteiger partial charge in [0.25, 0.3) is 0 Å². The summed E-state index contributed by atoms with van der Waals surface area (Å²) in [5.41, 5.74) is -0.211. The molecule has 0 unspecified atom stereocenters. The second kappa shape index (κ2) is 4.85. The highest BCUT2D eigenvalue weighted by Gasteiger charge is 2.46. The van der Waals surface area contributed by atoms with Crippen LogP contribution < -0.4 is 5.32 Å². The summed E-state index contributed by atoms with van der Waals surface area (Å²) in [5.74, 6) is -4.22. The maximum Gasteiger partial charge on any atom is 0.359 e. The van der Waals surface area contributed by atoms with Crippen LogP contribution in [0.1, 0.15) is 30.8 Å². The van der Waals surface area contributed by atoms with E-state index in [1.165, 1.54) is 0 Å². The monoisotopic (exact) mass is 271 g/mol. The zero-order valence-electron chi connectivity index (χ0n) is 9.60. The summed E-state index contributed by atoms with van der Waals surface area (Å²) >= 11 is 0.494. The normalized spacial score (nSPS) is 13.4. The van der Waals surface area contributed by atoms with Crippen LogP contribution >= 0.6 is 11.3 Å². The highest BCUT2D eigenvalue weighted by molar-refractivity contribution is 7.11. The van der Waals surface area contributed by atoms with E-state index in [0.29, 0.717) is 11.3 Å². The first-order valence-electron chi connectivity index (χ1n) is 4.87. The van der Waals surface area contributed by atoms with Crippen LogP contribution in [0.15, 0.2) is 0 Å². The third kappa shape index (κ3) is 3.88. The molecule has 8 heteroatoms. The van der Waals surface area contributed by atoms with Crippen molar-refractivity contribution in [3.8, 4) is 0 Å². The Balaban J connectivity index is 2.72. The van der Waals surface area contributed by atoms with Gasteiger partial charge in [0.1, 0.15) is 5.01 Å². The van der Waals surface area contributed by atoms with E-state index in [9.17, 15) is 17.6 Å². The quantitative estimate of drug-likeness (QED) is 0.856. The van der Waals surface area contributed by atoms with Crippen LogP contribution in [0.25, 0.3) is 0 Å². The first-order valence-corrected chi connectivity index (χ1v) is 5.68. The van der Waals surface area contributed by atoms with Crippen molar-refractivity contribution in [3.63, 3.8) is 0 Å². The molecule has 1 N–H and O–H groups in total. The van der Waals surface area contributed by atoms with Crippen LogP contribution in [-0.2, 0) is 12.5 Å². The van der Waals surface area contributed by atoms with Gasteiger partial charge in [0.15, 0.2) is 5.01 Å². The summed E-state index contributed by atoms with van der Waals surface area (Å²) in [7, 11) is 0. The van der Waals surface area contributed by atoms with Crippen molar-refractivity contribution in [2.24, 2.45) is 0 Å². The lowest BCUT2D eigenvalue weighted by molar-refractivity contribution is -0.135. The van der Waals surface area contributed by atoms with Crippen LogP contribution in [0, 0.1) is 0 Å². The molecule has 1 aromatic rings. The van der Waals surface area contributed by atoms with Gasteiger partial charge in [0.2, 0.25) is 0 Å². The molecule has 1 aromatic heterocycles. The van der Waals surface area contributed by atoms with E-state index in [1.54, 1.807) is 0 Å². The molecule has 0 atom stereocenters. The first-order chi connectivity index (χ1) is 7.63. The molecule has 0 radical (unpaired) electrons. The molecule has 0 aliphatic heterocycles. The largest absolute Gasteiger partial charge is 0.359 e. The van der Waals surface area contributed by atoms with Crippen molar-refractivity contribution < 1.29 is 17.6 Å². The van der Waals surface area contributed by atoms with Crippen molar-refractivity contribution in [1.29, 1.82) is 0 Å². The predicted molar refractivity (Wildman–Crippen MR) is 56.4 cm³/mol. The van der Waals surface area contributed by atoms with E-state index >= 15 is 0 Å². The molecule has 0 aliphatic rings. The molecule has 0 fully saturated rings. The molecule has 0 bridgehead atoms. The Morgan fingerprint density at radius 3 is 2.29 bits per heavy atom. The SMILES string of the molecule is CC(C)(C)NCc1nnc(C(F)(F)C(F)F)s1. The Morgan fingerprint density at radius 2 is 1.82 bits per heavy atom. The van der Waals surface area contributed by atoms with Crippen LogP contribution in [0.2, 0.25) is 0 Å². The molecular weight excluding hydrogens is 258 g/mol. The van der Waals surface area contributed by atoms with E-state index in [-0.39, 0.29) is 17.1 Å². The number of nitrogens with one attached hydrogen (secondary N) is 1. The number of nitrogens with zero attached hydrogens (tertiary/aromatic N) is 2. The third-order valence-electron chi connectivity index (χ3n) is 1.80. The second-order valence-electron chi connectivity index (χ2n) is 4.53. The van der Waals surface area contributed by atoms with Crippen LogP contribution in [-0.4, -0.2) is 22.2 Å². The Kier molecular flexibility index (Phi) is 4.08. The number of hydrogen-bond donors (Lipinski definition) is 1. The number of alkyl halides is 4. The van der Waals surface area contributed by atoms with Gasteiger partial charge in [-0.05, 0) is 20.8 Å². The van der Waals surface area contributed by atoms with Gasteiger partial charge in [-0.2, -0.15) is 8.78 Å². The van der Waals surface area contributed by atoms with Crippen molar-refractivity contribution in [3.05, 3.63) is 10.0 Å². The van der Waals surface area contributed by atoms with Crippen molar-refractivity contribution in [2.45, 2.75) is 45.2 Å². The highest BCUT2D eigenvalue weighted by atomic mass is 32.1. The van der Waals surface area contributed by atoms with Crippen LogP contribution in [0.5, 0.6) is 0 Å². The van der Waals surface area contributed by atoms with Crippen LogP contribution in [0.4, 0.5) is 17.6 Å². The summed E-state index contributed by atoms with van der Waals surface area (Å²) in [6, 6.07) is 0. The molecule has 98 valence electrons. The molecule has 0 amide bonds. The minimum absolute atomic E-state index is 0.211. The number of aromatic nitrogens is 2. The molecule has 17 heavy (non-hydrogen) atoms. The van der Waals surface area contributed by atoms with E-state index in [4.69, 9.17) is 0 Å². The van der Waals surface area contributed by atoms with E-state index < -0.39 is 17.4 Å². The van der Waals surface area contributed by atoms with Crippen molar-refractivity contribution in [2.75, 3.05) is 0 Å². The van der Waals surface area contributed by atoms with Gasteiger partial charge < -0.3 is 5.32 Å². The average Bonchev–Trinajstić information content (AvgIpc) is 2.62. The van der Waals surface area contributed by atoms with Gasteiger partial charge in [-0.15, -0.1) is 10.2 Å². The summed E-state index contributed by atoms with van der Waals surface area (Å²) in [6.45, 7) is 5.90. The van der Waals surface area contributed by atoms with Gasteiger partial charge in [0, 0.05) is 5.54 Å². The predicted octanol–water partition coefficient (Wildman–Crippen LogP) is 2.78. The van der Waals surface area contributed by atoms with Gasteiger partial charge in [0.05, 0.1) is 6.54 Å². The second-order valence-corrected chi connectivity index (χ2v) is 5.59. The molecule has 1 heterocycles. The highest BCUT2D eigenvalue weighted by Crippen LogP contribution is 2.36. The average molecular weight is 271 g/mol. The zero-order chi connectivity index (χ0) is 13.3. The summed E-state index contributed by atoms with van der Waals surface area (Å²) in [6.07, 6.45) is -3.76. The van der Waals surface area contributed by atoms with Crippen molar-refractivity contribution in [1.82, 2.24) is 15.5 Å². The molecular formula is C9H13F4N3S. The molecule has 0 saturated carbocycles. The lowest BCUT2D eigenvalue weighted by Gasteiger charge is -2.19. The summed E-state index contributed by atoms with van der Waals surface area (Å²) < 4.78 is 49.9. The molecule has 0 aromatic carbocycles. The van der Waals surface area contributed by atoms with Gasteiger partial charge in [-0.3, -0.25) is 0 Å². The Hall–Kier alpha value is -0.760. The summed E-state index contributed by atoms with van der Waals surface area (Å²) in [5, 5.41) is 8.89. The van der Waals surface area contributed by atoms with Gasteiger partial charge >= 0.3 is 12.3 Å². The van der Waals surface area contributed by atoms with Gasteiger partial charge in [-0.1, -0.05) is 11.3 Å². The van der Waals surface area contributed by atoms with E-state index in [1.807, 2.05) is 20.8 Å². The Labute approximate surface area is 100 Å². The Morgan fingerprint density at radius 1 is 1.24 bits per heavy atom. The maximum atomic E-state index is 12.9. The van der Waals surface area contributed by atoms with Crippen molar-refractivity contribution >= 4 is 11.3 Å². The number of halogens is 4. The molecule has 0 spiro atoms. The fourth-order valence-electron chi connectivity index (χ4n) is 0.894. The van der Waals surface area contributed by atoms with E-state index in [2.05, 4.69) is 15.5 Å². The minimum Gasteiger partial charge on any atom is -0.306 e. The van der Waals surface area contributed by atoms with Gasteiger partial charge in [-0.25, -0.2) is 8.78 Å². The minimum atomic E-state index is -4.22. The fraction of sp³-hybridized carbons (Fsp3) is 0.778. The lowest BCUT2D eigenvalue weighted by Crippen LogP contribution is -2.35.